The highest BCUT2D eigenvalue weighted by Crippen LogP contribution is 2.40. The van der Waals surface area contributed by atoms with Gasteiger partial charge in [-0.2, -0.15) is 0 Å². The van der Waals surface area contributed by atoms with Crippen molar-refractivity contribution in [1.82, 2.24) is 14.5 Å². The molecule has 0 bridgehead atoms. The van der Waals surface area contributed by atoms with Crippen molar-refractivity contribution < 1.29 is 9.59 Å². The highest BCUT2D eigenvalue weighted by atomic mass is 16.2. The van der Waals surface area contributed by atoms with Crippen LogP contribution in [0.3, 0.4) is 0 Å². The van der Waals surface area contributed by atoms with Crippen LogP contribution in [0.15, 0.2) is 36.9 Å². The number of nitrogens with one attached hydrogen (secondary N) is 1. The molecule has 1 saturated heterocycles. The molecule has 0 spiro atoms. The molecule has 1 N–H and O–H groups in total. The first-order valence-corrected chi connectivity index (χ1v) is 8.86. The summed E-state index contributed by atoms with van der Waals surface area (Å²) in [5.74, 6) is 0.511. The zero-order chi connectivity index (χ0) is 17.4. The number of hydrogen-bond acceptors (Lipinski definition) is 3. The number of fused-ring (bicyclic) bond motifs is 1. The number of piperidine rings is 1. The number of likely N-dealkylation sites (tertiary alicyclic amines) is 1. The summed E-state index contributed by atoms with van der Waals surface area (Å²) in [6.45, 7) is 4.72. The first-order valence-electron chi connectivity index (χ1n) is 8.86. The van der Waals surface area contributed by atoms with E-state index in [0.29, 0.717) is 37.9 Å². The van der Waals surface area contributed by atoms with E-state index in [-0.39, 0.29) is 17.7 Å². The predicted molar refractivity (Wildman–Crippen MR) is 96.1 cm³/mol. The quantitative estimate of drug-likeness (QED) is 0.872. The third kappa shape index (κ3) is 3.04. The molecule has 1 saturated carbocycles. The lowest BCUT2D eigenvalue weighted by atomic mass is 9.96. The van der Waals surface area contributed by atoms with Crippen LogP contribution < -0.4 is 5.32 Å². The predicted octanol–water partition coefficient (Wildman–Crippen LogP) is 2.73. The van der Waals surface area contributed by atoms with Crippen molar-refractivity contribution >= 4 is 28.8 Å². The molecule has 2 aliphatic rings. The lowest BCUT2D eigenvalue weighted by Gasteiger charge is -2.30. The number of carbonyl (C=O) groups excluding carboxylic acids is 2. The number of carbonyl (C=O) groups is 2. The largest absolute Gasteiger partial charge is 0.339 e. The molecule has 1 aliphatic carbocycles. The van der Waals surface area contributed by atoms with E-state index in [1.54, 1.807) is 4.90 Å². The van der Waals surface area contributed by atoms with Gasteiger partial charge in [-0.05, 0) is 43.9 Å². The second-order valence-corrected chi connectivity index (χ2v) is 6.82. The van der Waals surface area contributed by atoms with Crippen molar-refractivity contribution in [2.45, 2.75) is 31.7 Å². The molecule has 2 fully saturated rings. The molecule has 6 heteroatoms. The smallest absolute Gasteiger partial charge is 0.245 e. The number of anilines is 1. The van der Waals surface area contributed by atoms with E-state index in [0.717, 1.165) is 23.9 Å². The highest BCUT2D eigenvalue weighted by Gasteiger charge is 2.31. The van der Waals surface area contributed by atoms with Gasteiger partial charge < -0.3 is 9.47 Å². The Morgan fingerprint density at radius 1 is 1.16 bits per heavy atom. The molecular formula is C19H22N4O2. The maximum absolute atomic E-state index is 12.7. The monoisotopic (exact) mass is 338 g/mol. The van der Waals surface area contributed by atoms with Crippen LogP contribution in [0.2, 0.25) is 0 Å². The average molecular weight is 338 g/mol. The van der Waals surface area contributed by atoms with E-state index in [1.165, 1.54) is 6.08 Å². The van der Waals surface area contributed by atoms with Gasteiger partial charge in [-0.25, -0.2) is 4.98 Å². The van der Waals surface area contributed by atoms with Gasteiger partial charge in [0.1, 0.15) is 0 Å². The maximum atomic E-state index is 12.7. The second-order valence-electron chi connectivity index (χ2n) is 6.82. The Bertz CT molecular complexity index is 829. The van der Waals surface area contributed by atoms with E-state index < -0.39 is 0 Å². The minimum atomic E-state index is -0.0821. The minimum Gasteiger partial charge on any atom is -0.339 e. The van der Waals surface area contributed by atoms with Gasteiger partial charge in [0.15, 0.2) is 0 Å². The first kappa shape index (κ1) is 15.9. The Morgan fingerprint density at radius 3 is 2.56 bits per heavy atom. The van der Waals surface area contributed by atoms with Gasteiger partial charge in [0, 0.05) is 25.0 Å². The summed E-state index contributed by atoms with van der Waals surface area (Å²) in [4.78, 5) is 30.7. The Kier molecular flexibility index (Phi) is 4.03. The molecule has 0 atom stereocenters. The standard InChI is InChI=1S/C19H22N4O2/c1-2-17(24)22-11-9-13(10-12-22)18(25)21-19-20-15-5-3-4-6-16(15)23(19)14-7-8-14/h2-6,13-14H,1,7-12H2,(H,20,21,25). The zero-order valence-corrected chi connectivity index (χ0v) is 14.1. The van der Waals surface area contributed by atoms with Crippen molar-refractivity contribution in [3.05, 3.63) is 36.9 Å². The van der Waals surface area contributed by atoms with Crippen LogP contribution in [0.5, 0.6) is 0 Å². The van der Waals surface area contributed by atoms with E-state index >= 15 is 0 Å². The van der Waals surface area contributed by atoms with E-state index in [1.807, 2.05) is 18.2 Å². The average Bonchev–Trinajstić information content (AvgIpc) is 3.42. The third-order valence-electron chi connectivity index (χ3n) is 5.09. The van der Waals surface area contributed by atoms with Gasteiger partial charge in [0.25, 0.3) is 0 Å². The number of rotatable bonds is 4. The van der Waals surface area contributed by atoms with Crippen molar-refractivity contribution in [1.29, 1.82) is 0 Å². The molecule has 25 heavy (non-hydrogen) atoms. The summed E-state index contributed by atoms with van der Waals surface area (Å²) in [7, 11) is 0. The Balaban J connectivity index is 1.48. The van der Waals surface area contributed by atoms with Crippen LogP contribution >= 0.6 is 0 Å². The fourth-order valence-electron chi connectivity index (χ4n) is 3.54. The number of para-hydroxylation sites is 2. The molecule has 1 aromatic heterocycles. The fourth-order valence-corrected chi connectivity index (χ4v) is 3.54. The lowest BCUT2D eigenvalue weighted by Crippen LogP contribution is -2.40. The third-order valence-corrected chi connectivity index (χ3v) is 5.09. The van der Waals surface area contributed by atoms with Crippen LogP contribution in [0.1, 0.15) is 31.7 Å². The van der Waals surface area contributed by atoms with Crippen LogP contribution in [0.4, 0.5) is 5.95 Å². The minimum absolute atomic E-state index is 0.00269. The maximum Gasteiger partial charge on any atom is 0.245 e. The summed E-state index contributed by atoms with van der Waals surface area (Å²) in [6, 6.07) is 8.43. The molecule has 6 nitrogen and oxygen atoms in total. The molecule has 2 amide bonds. The number of imidazole rings is 1. The normalized spacial score (nSPS) is 18.3. The topological polar surface area (TPSA) is 67.2 Å². The Morgan fingerprint density at radius 2 is 1.88 bits per heavy atom. The molecule has 2 heterocycles. The number of nitrogens with zero attached hydrogens (tertiary/aromatic N) is 3. The second kappa shape index (κ2) is 6.35. The highest BCUT2D eigenvalue weighted by molar-refractivity contribution is 5.93. The van der Waals surface area contributed by atoms with Gasteiger partial charge in [-0.15, -0.1) is 0 Å². The number of amides is 2. The number of hydrogen-bond donors (Lipinski definition) is 1. The van der Waals surface area contributed by atoms with E-state index in [4.69, 9.17) is 0 Å². The van der Waals surface area contributed by atoms with Gasteiger partial charge in [0.2, 0.25) is 17.8 Å². The van der Waals surface area contributed by atoms with Crippen molar-refractivity contribution in [2.75, 3.05) is 18.4 Å². The summed E-state index contributed by atoms with van der Waals surface area (Å²) in [5, 5.41) is 3.04. The van der Waals surface area contributed by atoms with Crippen LogP contribution in [0, 0.1) is 5.92 Å². The summed E-state index contributed by atoms with van der Waals surface area (Å²) < 4.78 is 2.16. The number of aromatic nitrogens is 2. The molecule has 0 radical (unpaired) electrons. The first-order chi connectivity index (χ1) is 12.2. The summed E-state index contributed by atoms with van der Waals surface area (Å²) in [5.41, 5.74) is 1.99. The van der Waals surface area contributed by atoms with Gasteiger partial charge in [-0.1, -0.05) is 18.7 Å². The van der Waals surface area contributed by atoms with Crippen molar-refractivity contribution in [2.24, 2.45) is 5.92 Å². The fraction of sp³-hybridized carbons (Fsp3) is 0.421. The summed E-state index contributed by atoms with van der Waals surface area (Å²) >= 11 is 0. The van der Waals surface area contributed by atoms with Gasteiger partial charge in [0.05, 0.1) is 11.0 Å². The Labute approximate surface area is 146 Å². The van der Waals surface area contributed by atoms with Crippen molar-refractivity contribution in [3.63, 3.8) is 0 Å². The van der Waals surface area contributed by atoms with E-state index in [2.05, 4.69) is 27.5 Å². The van der Waals surface area contributed by atoms with Crippen LogP contribution in [-0.2, 0) is 9.59 Å². The molecule has 1 aliphatic heterocycles. The zero-order valence-electron chi connectivity index (χ0n) is 14.1. The van der Waals surface area contributed by atoms with Gasteiger partial charge >= 0.3 is 0 Å². The van der Waals surface area contributed by atoms with E-state index in [9.17, 15) is 9.59 Å². The van der Waals surface area contributed by atoms with Gasteiger partial charge in [-0.3, -0.25) is 14.9 Å². The molecule has 1 aromatic carbocycles. The lowest BCUT2D eigenvalue weighted by molar-refractivity contribution is -0.130. The SMILES string of the molecule is C=CC(=O)N1CCC(C(=O)Nc2nc3ccccc3n2C2CC2)CC1. The van der Waals surface area contributed by atoms with Crippen LogP contribution in [0.25, 0.3) is 11.0 Å². The van der Waals surface area contributed by atoms with Crippen LogP contribution in [-0.4, -0.2) is 39.4 Å². The molecule has 0 unspecified atom stereocenters. The number of benzene rings is 1. The summed E-state index contributed by atoms with van der Waals surface area (Å²) in [6.07, 6.45) is 4.94. The molecule has 4 rings (SSSR count). The molecular weight excluding hydrogens is 316 g/mol. The molecule has 2 aromatic rings. The Hall–Kier alpha value is -2.63. The molecule has 130 valence electrons. The van der Waals surface area contributed by atoms with Crippen molar-refractivity contribution in [3.8, 4) is 0 Å².